The van der Waals surface area contributed by atoms with Crippen LogP contribution in [-0.2, 0) is 11.5 Å². The van der Waals surface area contributed by atoms with Crippen LogP contribution in [0.5, 0.6) is 0 Å². The molecule has 0 aromatic carbocycles. The van der Waals surface area contributed by atoms with Crippen LogP contribution in [-0.4, -0.2) is 41.9 Å². The number of pyridine rings is 1. The van der Waals surface area contributed by atoms with E-state index < -0.39 is 8.07 Å². The lowest BCUT2D eigenvalue weighted by Crippen LogP contribution is -2.31. The van der Waals surface area contributed by atoms with E-state index >= 15 is 0 Å². The Morgan fingerprint density at radius 3 is 2.92 bits per heavy atom. The van der Waals surface area contributed by atoms with Crippen LogP contribution in [0.4, 0.5) is 0 Å². The van der Waals surface area contributed by atoms with Gasteiger partial charge >= 0.3 is 0 Å². The van der Waals surface area contributed by atoms with Crippen LogP contribution in [0.15, 0.2) is 30.7 Å². The molecule has 1 N–H and O–H groups in total. The van der Waals surface area contributed by atoms with Crippen molar-refractivity contribution in [3.05, 3.63) is 30.7 Å². The fourth-order valence-electron chi connectivity index (χ4n) is 3.81. The van der Waals surface area contributed by atoms with Gasteiger partial charge in [-0.15, -0.1) is 0 Å². The van der Waals surface area contributed by atoms with E-state index in [0.29, 0.717) is 12.8 Å². The maximum absolute atomic E-state index is 5.94. The minimum absolute atomic E-state index is 0.531. The molecule has 140 valence electrons. The van der Waals surface area contributed by atoms with Crippen LogP contribution in [0.3, 0.4) is 0 Å². The first kappa shape index (κ1) is 17.8. The zero-order chi connectivity index (χ0) is 18.1. The average molecular weight is 371 g/mol. The number of ether oxygens (including phenoxy) is 1. The van der Waals surface area contributed by atoms with Gasteiger partial charge in [0.15, 0.2) is 0 Å². The topological polar surface area (TPSA) is 44.0 Å². The SMILES string of the molecule is C[Si](C)(C)CCOCn1ccc2c1ncc1ccn(C3CCCNC3)c12. The summed E-state index contributed by atoms with van der Waals surface area (Å²) in [6, 6.07) is 6.11. The Balaban J connectivity index is 1.60. The molecule has 0 bridgehead atoms. The van der Waals surface area contributed by atoms with Crippen LogP contribution in [0.2, 0.25) is 25.7 Å². The summed E-state index contributed by atoms with van der Waals surface area (Å²) in [5.74, 6) is 0. The summed E-state index contributed by atoms with van der Waals surface area (Å²) < 4.78 is 10.5. The zero-order valence-electron chi connectivity index (χ0n) is 16.2. The van der Waals surface area contributed by atoms with Crippen LogP contribution in [0.25, 0.3) is 21.9 Å². The molecule has 1 fully saturated rings. The second-order valence-corrected chi connectivity index (χ2v) is 14.3. The van der Waals surface area contributed by atoms with Gasteiger partial charge < -0.3 is 19.2 Å². The summed E-state index contributed by atoms with van der Waals surface area (Å²) in [7, 11) is -1.05. The molecule has 1 aliphatic heterocycles. The molecule has 1 aliphatic rings. The summed E-state index contributed by atoms with van der Waals surface area (Å²) in [6.07, 6.45) is 8.82. The van der Waals surface area contributed by atoms with Crippen molar-refractivity contribution in [1.29, 1.82) is 0 Å². The fraction of sp³-hybridized carbons (Fsp3) is 0.550. The van der Waals surface area contributed by atoms with E-state index in [1.807, 2.05) is 6.20 Å². The summed E-state index contributed by atoms with van der Waals surface area (Å²) in [5, 5.41) is 5.98. The monoisotopic (exact) mass is 370 g/mol. The van der Waals surface area contributed by atoms with Gasteiger partial charge in [-0.3, -0.25) is 0 Å². The average Bonchev–Trinajstić information content (AvgIpc) is 3.22. The van der Waals surface area contributed by atoms with E-state index in [2.05, 4.69) is 58.6 Å². The molecule has 1 atom stereocenters. The first-order chi connectivity index (χ1) is 12.5. The van der Waals surface area contributed by atoms with Crippen LogP contribution >= 0.6 is 0 Å². The molecule has 0 aliphatic carbocycles. The van der Waals surface area contributed by atoms with Gasteiger partial charge in [0.1, 0.15) is 12.4 Å². The van der Waals surface area contributed by atoms with Gasteiger partial charge in [-0.05, 0) is 37.6 Å². The zero-order valence-corrected chi connectivity index (χ0v) is 17.2. The number of nitrogens with zero attached hydrogens (tertiary/aromatic N) is 3. The molecule has 4 rings (SSSR count). The second-order valence-electron chi connectivity index (χ2n) is 8.66. The van der Waals surface area contributed by atoms with Crippen LogP contribution in [0.1, 0.15) is 18.9 Å². The van der Waals surface area contributed by atoms with Gasteiger partial charge in [-0.25, -0.2) is 4.98 Å². The van der Waals surface area contributed by atoms with Crippen molar-refractivity contribution in [3.8, 4) is 0 Å². The molecule has 0 radical (unpaired) electrons. The minimum atomic E-state index is -1.05. The number of piperidine rings is 1. The predicted octanol–water partition coefficient (Wildman–Crippen LogP) is 4.23. The Bertz CT molecular complexity index is 886. The maximum atomic E-state index is 5.94. The maximum Gasteiger partial charge on any atom is 0.143 e. The molecular formula is C20H30N4OSi. The number of fused-ring (bicyclic) bond motifs is 3. The van der Waals surface area contributed by atoms with E-state index in [0.717, 1.165) is 25.3 Å². The highest BCUT2D eigenvalue weighted by molar-refractivity contribution is 6.76. The molecule has 1 saturated heterocycles. The van der Waals surface area contributed by atoms with Gasteiger partial charge in [-0.2, -0.15) is 0 Å². The lowest BCUT2D eigenvalue weighted by molar-refractivity contribution is 0.0899. The highest BCUT2D eigenvalue weighted by atomic mass is 28.3. The Hall–Kier alpha value is -1.63. The summed E-state index contributed by atoms with van der Waals surface area (Å²) >= 11 is 0. The number of nitrogens with one attached hydrogen (secondary N) is 1. The largest absolute Gasteiger partial charge is 0.361 e. The molecule has 26 heavy (non-hydrogen) atoms. The first-order valence-electron chi connectivity index (χ1n) is 9.76. The van der Waals surface area contributed by atoms with Crippen molar-refractivity contribution in [2.75, 3.05) is 19.7 Å². The molecule has 3 aromatic rings. The van der Waals surface area contributed by atoms with Gasteiger partial charge in [0, 0.05) is 56.6 Å². The number of hydrogen-bond acceptors (Lipinski definition) is 3. The van der Waals surface area contributed by atoms with E-state index in [1.54, 1.807) is 0 Å². The van der Waals surface area contributed by atoms with Gasteiger partial charge in [-0.1, -0.05) is 19.6 Å². The van der Waals surface area contributed by atoms with Gasteiger partial charge in [0.05, 0.1) is 5.52 Å². The predicted molar refractivity (Wildman–Crippen MR) is 110 cm³/mol. The van der Waals surface area contributed by atoms with Crippen molar-refractivity contribution in [2.45, 2.75) is 51.3 Å². The standard InChI is InChI=1S/C20H30N4OSi/c1-26(2,3)12-11-25-15-23-9-7-18-19-16(13-22-20(18)23)6-10-24(19)17-5-4-8-21-14-17/h6-7,9-10,13,17,21H,4-5,8,11-12,14-15H2,1-3H3. The highest BCUT2D eigenvalue weighted by Crippen LogP contribution is 2.30. The van der Waals surface area contributed by atoms with Crippen LogP contribution in [0, 0.1) is 0 Å². The molecule has 1 unspecified atom stereocenters. The molecule has 4 heterocycles. The Morgan fingerprint density at radius 1 is 1.27 bits per heavy atom. The second kappa shape index (κ2) is 7.17. The van der Waals surface area contributed by atoms with E-state index in [1.165, 1.54) is 35.2 Å². The lowest BCUT2D eigenvalue weighted by atomic mass is 10.1. The molecule has 0 spiro atoms. The first-order valence-corrected chi connectivity index (χ1v) is 13.5. The molecule has 3 aromatic heterocycles. The summed E-state index contributed by atoms with van der Waals surface area (Å²) in [5.41, 5.74) is 2.33. The van der Waals surface area contributed by atoms with E-state index in [-0.39, 0.29) is 0 Å². The van der Waals surface area contributed by atoms with Crippen molar-refractivity contribution in [2.24, 2.45) is 0 Å². The van der Waals surface area contributed by atoms with Crippen LogP contribution < -0.4 is 5.32 Å². The third-order valence-corrected chi connectivity index (χ3v) is 7.06. The number of rotatable bonds is 6. The van der Waals surface area contributed by atoms with Crippen molar-refractivity contribution in [3.63, 3.8) is 0 Å². The third kappa shape index (κ3) is 3.59. The molecule has 0 saturated carbocycles. The highest BCUT2D eigenvalue weighted by Gasteiger charge is 2.19. The van der Waals surface area contributed by atoms with Gasteiger partial charge in [0.2, 0.25) is 0 Å². The van der Waals surface area contributed by atoms with Gasteiger partial charge in [0.25, 0.3) is 0 Å². The van der Waals surface area contributed by atoms with Crippen molar-refractivity contribution < 1.29 is 4.74 Å². The number of hydrogen-bond donors (Lipinski definition) is 1. The normalized spacial score (nSPS) is 18.8. The summed E-state index contributed by atoms with van der Waals surface area (Å²) in [4.78, 5) is 4.72. The van der Waals surface area contributed by atoms with Crippen molar-refractivity contribution in [1.82, 2.24) is 19.4 Å². The Kier molecular flexibility index (Phi) is 4.90. The molecule has 0 amide bonds. The van der Waals surface area contributed by atoms with E-state index in [4.69, 9.17) is 9.72 Å². The van der Waals surface area contributed by atoms with Crippen molar-refractivity contribution >= 4 is 30.0 Å². The molecular weight excluding hydrogens is 340 g/mol. The fourth-order valence-corrected chi connectivity index (χ4v) is 4.56. The molecule has 6 heteroatoms. The number of aromatic nitrogens is 3. The Morgan fingerprint density at radius 2 is 2.15 bits per heavy atom. The minimum Gasteiger partial charge on any atom is -0.361 e. The summed E-state index contributed by atoms with van der Waals surface area (Å²) in [6.45, 7) is 10.8. The third-order valence-electron chi connectivity index (χ3n) is 5.35. The Labute approximate surface area is 156 Å². The molecule has 5 nitrogen and oxygen atoms in total. The smallest absolute Gasteiger partial charge is 0.143 e. The quantitative estimate of drug-likeness (QED) is 0.522. The van der Waals surface area contributed by atoms with E-state index in [9.17, 15) is 0 Å². The lowest BCUT2D eigenvalue weighted by Gasteiger charge is -2.25.